The van der Waals surface area contributed by atoms with Crippen LogP contribution in [0.5, 0.6) is 0 Å². The summed E-state index contributed by atoms with van der Waals surface area (Å²) in [6, 6.07) is 89.3. The molecule has 3 aromatic heterocycles. The summed E-state index contributed by atoms with van der Waals surface area (Å²) < 4.78 is 11.4. The number of hydrogen-bond donors (Lipinski definition) is 0. The fourth-order valence-electron chi connectivity index (χ4n) is 10.8. The Labute approximate surface area is 371 Å². The van der Waals surface area contributed by atoms with Crippen LogP contribution in [0.2, 0.25) is 0 Å². The second kappa shape index (κ2) is 14.5. The zero-order valence-electron chi connectivity index (χ0n) is 34.9. The van der Waals surface area contributed by atoms with Crippen molar-refractivity contribution >= 4 is 94.4 Å². The summed E-state index contributed by atoms with van der Waals surface area (Å²) in [6.07, 6.45) is 0. The smallest absolute Gasteiger partial charge is 0.180 e. The quantitative estimate of drug-likeness (QED) is 0.116. The Bertz CT molecular complexity index is 3840. The topological polar surface area (TPSA) is 23.0 Å². The lowest BCUT2D eigenvalue weighted by Crippen LogP contribution is -2.74. The number of rotatable bonds is 7. The van der Waals surface area contributed by atoms with E-state index in [0.717, 1.165) is 33.3 Å². The van der Waals surface area contributed by atoms with Gasteiger partial charge in [-0.3, -0.25) is 0 Å². The molecule has 0 unspecified atom stereocenters. The Balaban J connectivity index is 1.12. The summed E-state index contributed by atoms with van der Waals surface area (Å²) in [5, 5.41) is 12.6. The number of aromatic nitrogens is 2. The highest BCUT2D eigenvalue weighted by Gasteiger charge is 2.43. The zero-order chi connectivity index (χ0) is 42.2. The lowest BCUT2D eigenvalue weighted by molar-refractivity contribution is 0.669. The second-order valence-electron chi connectivity index (χ2n) is 16.8. The van der Waals surface area contributed by atoms with E-state index >= 15 is 0 Å². The summed E-state index contributed by atoms with van der Waals surface area (Å²) >= 11 is 0. The normalized spacial score (nSPS) is 12.1. The number of furan rings is 1. The van der Waals surface area contributed by atoms with Crippen LogP contribution in [0, 0.1) is 0 Å². The molecule has 0 amide bonds. The summed E-state index contributed by atoms with van der Waals surface area (Å²) in [5.74, 6) is 0. The molecular formula is C60H40N2OSi. The SMILES string of the molecule is c1ccc(-c2ccc(-n3c4ccccc4c4c(-n5c6ccccc6c6c([Si](c7ccccc7)(c7ccccc7)c7ccc8oc9ccccc9c8c7)cccc65)cccc43)cc2)cc1. The van der Waals surface area contributed by atoms with E-state index in [1.54, 1.807) is 0 Å². The molecule has 0 aliphatic heterocycles. The highest BCUT2D eigenvalue weighted by atomic mass is 28.3. The average Bonchev–Trinajstić information content (AvgIpc) is 4.03. The molecule has 0 bridgehead atoms. The van der Waals surface area contributed by atoms with Crippen molar-refractivity contribution in [1.29, 1.82) is 0 Å². The number of fused-ring (bicyclic) bond motifs is 9. The first kappa shape index (κ1) is 36.5. The van der Waals surface area contributed by atoms with Gasteiger partial charge in [-0.15, -0.1) is 0 Å². The van der Waals surface area contributed by atoms with Crippen LogP contribution >= 0.6 is 0 Å². The molecular weight excluding hydrogens is 793 g/mol. The van der Waals surface area contributed by atoms with Gasteiger partial charge in [0.15, 0.2) is 8.07 Å². The van der Waals surface area contributed by atoms with Gasteiger partial charge in [0.25, 0.3) is 0 Å². The molecule has 0 aliphatic rings. The van der Waals surface area contributed by atoms with Gasteiger partial charge in [-0.05, 0) is 86.5 Å². The van der Waals surface area contributed by atoms with Crippen LogP contribution < -0.4 is 20.7 Å². The number of nitrogens with zero attached hydrogens (tertiary/aromatic N) is 2. The van der Waals surface area contributed by atoms with E-state index in [-0.39, 0.29) is 0 Å². The highest BCUT2D eigenvalue weighted by Crippen LogP contribution is 2.40. The van der Waals surface area contributed by atoms with Crippen molar-refractivity contribution in [3.8, 4) is 22.5 Å². The molecule has 3 heterocycles. The van der Waals surface area contributed by atoms with Gasteiger partial charge in [0.2, 0.25) is 0 Å². The molecule has 0 saturated heterocycles. The van der Waals surface area contributed by atoms with E-state index in [1.807, 2.05) is 0 Å². The Morgan fingerprint density at radius 3 is 1.53 bits per heavy atom. The molecule has 0 saturated carbocycles. The molecule has 0 aliphatic carbocycles. The van der Waals surface area contributed by atoms with Crippen LogP contribution in [0.15, 0.2) is 247 Å². The minimum Gasteiger partial charge on any atom is -0.456 e. The van der Waals surface area contributed by atoms with Crippen LogP contribution in [0.25, 0.3) is 88.1 Å². The van der Waals surface area contributed by atoms with Gasteiger partial charge in [0.1, 0.15) is 11.2 Å². The van der Waals surface area contributed by atoms with Crippen LogP contribution in [0.1, 0.15) is 0 Å². The Morgan fingerprint density at radius 1 is 0.312 bits per heavy atom. The predicted octanol–water partition coefficient (Wildman–Crippen LogP) is 12.8. The van der Waals surface area contributed by atoms with E-state index in [4.69, 9.17) is 4.42 Å². The van der Waals surface area contributed by atoms with E-state index < -0.39 is 8.07 Å². The first-order valence-corrected chi connectivity index (χ1v) is 24.0. The van der Waals surface area contributed by atoms with Crippen LogP contribution in [-0.4, -0.2) is 17.2 Å². The molecule has 13 rings (SSSR count). The van der Waals surface area contributed by atoms with Gasteiger partial charge < -0.3 is 13.6 Å². The standard InChI is InChI=1S/C60H40N2OSi/c1-4-18-41(19-5-1)42-34-36-43(37-35-42)61-51-27-13-10-25-48(51)59-53(61)29-16-30-54(59)62-52-28-14-11-26-49(52)60-55(62)31-17-33-58(60)64(44-20-6-2-7-21-44,45-22-8-3-9-23-45)46-38-39-57-50(40-46)47-24-12-15-32-56(47)63-57/h1-40H. The molecule has 10 aromatic carbocycles. The Hall–Kier alpha value is -8.18. The molecule has 300 valence electrons. The summed E-state index contributed by atoms with van der Waals surface area (Å²) in [6.45, 7) is 0. The van der Waals surface area contributed by atoms with E-state index in [1.165, 1.54) is 75.5 Å². The molecule has 4 heteroatoms. The van der Waals surface area contributed by atoms with Crippen molar-refractivity contribution in [1.82, 2.24) is 9.13 Å². The van der Waals surface area contributed by atoms with Gasteiger partial charge in [-0.2, -0.15) is 0 Å². The van der Waals surface area contributed by atoms with E-state index in [0.29, 0.717) is 0 Å². The van der Waals surface area contributed by atoms with Crippen molar-refractivity contribution < 1.29 is 4.42 Å². The van der Waals surface area contributed by atoms with E-state index in [2.05, 4.69) is 252 Å². The molecule has 64 heavy (non-hydrogen) atoms. The maximum Gasteiger partial charge on any atom is 0.180 e. The Morgan fingerprint density at radius 2 is 0.828 bits per heavy atom. The Kier molecular flexibility index (Phi) is 8.23. The fourth-order valence-corrected chi connectivity index (χ4v) is 15.8. The van der Waals surface area contributed by atoms with Gasteiger partial charge in [-0.1, -0.05) is 188 Å². The van der Waals surface area contributed by atoms with Crippen molar-refractivity contribution in [3.63, 3.8) is 0 Å². The third-order valence-electron chi connectivity index (χ3n) is 13.5. The fraction of sp³-hybridized carbons (Fsp3) is 0. The van der Waals surface area contributed by atoms with Gasteiger partial charge >= 0.3 is 0 Å². The lowest BCUT2D eigenvalue weighted by Gasteiger charge is -2.35. The third kappa shape index (κ3) is 5.33. The minimum atomic E-state index is -3.07. The van der Waals surface area contributed by atoms with Crippen LogP contribution in [0.3, 0.4) is 0 Å². The molecule has 0 radical (unpaired) electrons. The maximum absolute atomic E-state index is 6.45. The largest absolute Gasteiger partial charge is 0.456 e. The summed E-state index contributed by atoms with van der Waals surface area (Å²) in [7, 11) is -3.07. The molecule has 0 N–H and O–H groups in total. The monoisotopic (exact) mass is 832 g/mol. The van der Waals surface area contributed by atoms with Crippen LogP contribution in [-0.2, 0) is 0 Å². The van der Waals surface area contributed by atoms with Crippen molar-refractivity contribution in [2.24, 2.45) is 0 Å². The van der Waals surface area contributed by atoms with E-state index in [9.17, 15) is 0 Å². The van der Waals surface area contributed by atoms with Crippen molar-refractivity contribution in [2.45, 2.75) is 0 Å². The first-order chi connectivity index (χ1) is 31.8. The van der Waals surface area contributed by atoms with Gasteiger partial charge in [0, 0.05) is 38.0 Å². The molecule has 0 spiro atoms. The molecule has 13 aromatic rings. The summed E-state index contributed by atoms with van der Waals surface area (Å²) in [5.41, 5.74) is 11.3. The number of para-hydroxylation sites is 3. The predicted molar refractivity (Wildman–Crippen MR) is 271 cm³/mol. The van der Waals surface area contributed by atoms with Gasteiger partial charge in [0.05, 0.1) is 27.8 Å². The molecule has 0 fully saturated rings. The minimum absolute atomic E-state index is 0.906. The van der Waals surface area contributed by atoms with Crippen LogP contribution in [0.4, 0.5) is 0 Å². The molecule has 3 nitrogen and oxygen atoms in total. The summed E-state index contributed by atoms with van der Waals surface area (Å²) in [4.78, 5) is 0. The highest BCUT2D eigenvalue weighted by molar-refractivity contribution is 7.21. The van der Waals surface area contributed by atoms with Gasteiger partial charge in [-0.25, -0.2) is 0 Å². The third-order valence-corrected chi connectivity index (χ3v) is 18.3. The number of benzene rings is 10. The lowest BCUT2D eigenvalue weighted by atomic mass is 10.1. The number of hydrogen-bond acceptors (Lipinski definition) is 1. The zero-order valence-corrected chi connectivity index (χ0v) is 35.9. The maximum atomic E-state index is 6.45. The second-order valence-corrected chi connectivity index (χ2v) is 20.6. The van der Waals surface area contributed by atoms with Crippen molar-refractivity contribution in [2.75, 3.05) is 0 Å². The molecule has 0 atom stereocenters. The van der Waals surface area contributed by atoms with Crippen molar-refractivity contribution in [3.05, 3.63) is 243 Å². The first-order valence-electron chi connectivity index (χ1n) is 22.0. The average molecular weight is 833 g/mol.